The number of methoxy groups -OCH3 is 1. The number of carbonyl (C=O) groups excluding carboxylic acids is 1. The van der Waals surface area contributed by atoms with Crippen molar-refractivity contribution in [3.63, 3.8) is 0 Å². The zero-order valence-electron chi connectivity index (χ0n) is 14.5. The van der Waals surface area contributed by atoms with Crippen molar-refractivity contribution in [3.05, 3.63) is 29.8 Å². The molecule has 0 bridgehead atoms. The molecule has 23 heavy (non-hydrogen) atoms. The fourth-order valence-corrected chi connectivity index (χ4v) is 2.63. The fourth-order valence-electron chi connectivity index (χ4n) is 2.63. The summed E-state index contributed by atoms with van der Waals surface area (Å²) in [6.45, 7) is 6.54. The number of hydrogen-bond donors (Lipinski definition) is 2. The average molecular weight is 320 g/mol. The van der Waals surface area contributed by atoms with Crippen LogP contribution in [-0.2, 0) is 11.2 Å². The predicted molar refractivity (Wildman–Crippen MR) is 90.9 cm³/mol. The SMILES string of the molecule is COc1cccc(CCNC2CC(NC(=O)OC(C)(C)C)C2)c1. The van der Waals surface area contributed by atoms with E-state index >= 15 is 0 Å². The number of carbonyl (C=O) groups is 1. The number of ether oxygens (including phenoxy) is 2. The second-order valence-corrected chi connectivity index (χ2v) is 7.07. The maximum atomic E-state index is 11.7. The van der Waals surface area contributed by atoms with E-state index in [9.17, 15) is 4.79 Å². The standard InChI is InChI=1S/C18H28N2O3/c1-18(2,3)23-17(21)20-15-11-14(12-15)19-9-8-13-6-5-7-16(10-13)22-4/h5-7,10,14-15,19H,8-9,11-12H2,1-4H3,(H,20,21). The van der Waals surface area contributed by atoms with Gasteiger partial charge in [-0.3, -0.25) is 0 Å². The molecule has 1 aliphatic carbocycles. The van der Waals surface area contributed by atoms with Gasteiger partial charge in [-0.1, -0.05) is 12.1 Å². The summed E-state index contributed by atoms with van der Waals surface area (Å²) in [5.41, 5.74) is 0.821. The molecule has 0 aromatic heterocycles. The largest absolute Gasteiger partial charge is 0.497 e. The fraction of sp³-hybridized carbons (Fsp3) is 0.611. The van der Waals surface area contributed by atoms with E-state index in [4.69, 9.17) is 9.47 Å². The predicted octanol–water partition coefficient (Wildman–Crippen LogP) is 2.88. The van der Waals surface area contributed by atoms with Crippen LogP contribution in [0.4, 0.5) is 4.79 Å². The first-order valence-electron chi connectivity index (χ1n) is 8.21. The van der Waals surface area contributed by atoms with Gasteiger partial charge in [0.1, 0.15) is 11.4 Å². The van der Waals surface area contributed by atoms with Crippen LogP contribution < -0.4 is 15.4 Å². The maximum Gasteiger partial charge on any atom is 0.407 e. The smallest absolute Gasteiger partial charge is 0.407 e. The van der Waals surface area contributed by atoms with E-state index in [2.05, 4.69) is 22.8 Å². The molecule has 1 aromatic rings. The Bertz CT molecular complexity index is 519. The molecular weight excluding hydrogens is 292 g/mol. The summed E-state index contributed by atoms with van der Waals surface area (Å²) in [7, 11) is 1.68. The van der Waals surface area contributed by atoms with Crippen LogP contribution in [-0.4, -0.2) is 37.4 Å². The van der Waals surface area contributed by atoms with Gasteiger partial charge >= 0.3 is 6.09 Å². The van der Waals surface area contributed by atoms with Gasteiger partial charge < -0.3 is 20.1 Å². The van der Waals surface area contributed by atoms with Gasteiger partial charge in [-0.2, -0.15) is 0 Å². The van der Waals surface area contributed by atoms with E-state index < -0.39 is 5.60 Å². The van der Waals surface area contributed by atoms with Crippen molar-refractivity contribution in [2.45, 2.75) is 57.7 Å². The van der Waals surface area contributed by atoms with Crippen molar-refractivity contribution in [3.8, 4) is 5.75 Å². The van der Waals surface area contributed by atoms with Gasteiger partial charge in [0.05, 0.1) is 7.11 Å². The summed E-state index contributed by atoms with van der Waals surface area (Å²) >= 11 is 0. The molecule has 128 valence electrons. The minimum atomic E-state index is -0.442. The van der Waals surface area contributed by atoms with Gasteiger partial charge in [-0.15, -0.1) is 0 Å². The summed E-state index contributed by atoms with van der Waals surface area (Å²) in [5.74, 6) is 0.896. The topological polar surface area (TPSA) is 59.6 Å². The average Bonchev–Trinajstić information content (AvgIpc) is 2.42. The van der Waals surface area contributed by atoms with Crippen LogP contribution in [0.2, 0.25) is 0 Å². The van der Waals surface area contributed by atoms with Gasteiger partial charge in [0.2, 0.25) is 0 Å². The Hall–Kier alpha value is -1.75. The monoisotopic (exact) mass is 320 g/mol. The van der Waals surface area contributed by atoms with Gasteiger partial charge in [0, 0.05) is 12.1 Å². The van der Waals surface area contributed by atoms with E-state index in [-0.39, 0.29) is 12.1 Å². The summed E-state index contributed by atoms with van der Waals surface area (Å²) in [4.78, 5) is 11.7. The van der Waals surface area contributed by atoms with E-state index in [1.165, 1.54) is 5.56 Å². The van der Waals surface area contributed by atoms with Crippen LogP contribution in [0.5, 0.6) is 5.75 Å². The molecule has 5 nitrogen and oxygen atoms in total. The first-order chi connectivity index (χ1) is 10.9. The number of amides is 1. The molecule has 2 N–H and O–H groups in total. The third-order valence-corrected chi connectivity index (χ3v) is 3.84. The Labute approximate surface area is 138 Å². The normalized spacial score (nSPS) is 20.5. The van der Waals surface area contributed by atoms with Crippen LogP contribution >= 0.6 is 0 Å². The zero-order chi connectivity index (χ0) is 16.9. The lowest BCUT2D eigenvalue weighted by molar-refractivity contribution is 0.0465. The van der Waals surface area contributed by atoms with Crippen molar-refractivity contribution in [1.82, 2.24) is 10.6 Å². The number of hydrogen-bond acceptors (Lipinski definition) is 4. The highest BCUT2D eigenvalue weighted by Gasteiger charge is 2.31. The summed E-state index contributed by atoms with van der Waals surface area (Å²) in [6.07, 6.45) is 2.56. The van der Waals surface area contributed by atoms with Crippen molar-refractivity contribution in [2.24, 2.45) is 0 Å². The third kappa shape index (κ3) is 6.10. The molecule has 5 heteroatoms. The lowest BCUT2D eigenvalue weighted by Crippen LogP contribution is -2.53. The second-order valence-electron chi connectivity index (χ2n) is 7.07. The van der Waals surface area contributed by atoms with Crippen LogP contribution in [0, 0.1) is 0 Å². The minimum Gasteiger partial charge on any atom is -0.497 e. The molecule has 0 saturated heterocycles. The van der Waals surface area contributed by atoms with Crippen molar-refractivity contribution in [1.29, 1.82) is 0 Å². The molecule has 0 atom stereocenters. The number of alkyl carbamates (subject to hydrolysis) is 1. The molecule has 1 fully saturated rings. The Morgan fingerprint density at radius 3 is 2.65 bits per heavy atom. The third-order valence-electron chi connectivity index (χ3n) is 3.84. The first-order valence-corrected chi connectivity index (χ1v) is 8.21. The lowest BCUT2D eigenvalue weighted by atomic mass is 9.87. The number of benzene rings is 1. The Kier molecular flexibility index (Phi) is 5.88. The van der Waals surface area contributed by atoms with E-state index in [1.807, 2.05) is 32.9 Å². The highest BCUT2D eigenvalue weighted by Crippen LogP contribution is 2.21. The molecule has 2 rings (SSSR count). The molecule has 0 heterocycles. The summed E-state index contributed by atoms with van der Waals surface area (Å²) in [5, 5.41) is 6.43. The number of rotatable bonds is 6. The Morgan fingerprint density at radius 1 is 1.26 bits per heavy atom. The highest BCUT2D eigenvalue weighted by molar-refractivity contribution is 5.68. The summed E-state index contributed by atoms with van der Waals surface area (Å²) in [6, 6.07) is 8.83. The van der Waals surface area contributed by atoms with Crippen molar-refractivity contribution >= 4 is 6.09 Å². The quantitative estimate of drug-likeness (QED) is 0.846. The van der Waals surface area contributed by atoms with Gasteiger partial charge in [-0.25, -0.2) is 4.79 Å². The number of nitrogens with one attached hydrogen (secondary N) is 2. The lowest BCUT2D eigenvalue weighted by Gasteiger charge is -2.36. The zero-order valence-corrected chi connectivity index (χ0v) is 14.5. The first kappa shape index (κ1) is 17.6. The Morgan fingerprint density at radius 2 is 2.00 bits per heavy atom. The van der Waals surface area contributed by atoms with E-state index in [1.54, 1.807) is 7.11 Å². The molecule has 1 aromatic carbocycles. The molecule has 1 amide bonds. The molecule has 0 spiro atoms. The molecule has 0 aliphatic heterocycles. The van der Waals surface area contributed by atoms with Gasteiger partial charge in [-0.05, 0) is 64.3 Å². The minimum absolute atomic E-state index is 0.221. The van der Waals surface area contributed by atoms with E-state index in [0.717, 1.165) is 31.6 Å². The molecule has 1 saturated carbocycles. The van der Waals surface area contributed by atoms with Crippen LogP contribution in [0.1, 0.15) is 39.2 Å². The molecule has 0 radical (unpaired) electrons. The van der Waals surface area contributed by atoms with Crippen LogP contribution in [0.3, 0.4) is 0 Å². The van der Waals surface area contributed by atoms with Gasteiger partial charge in [0.15, 0.2) is 0 Å². The second kappa shape index (κ2) is 7.68. The Balaban J connectivity index is 1.60. The maximum absolute atomic E-state index is 11.7. The van der Waals surface area contributed by atoms with E-state index in [0.29, 0.717) is 6.04 Å². The molecule has 0 unspecified atom stereocenters. The highest BCUT2D eigenvalue weighted by atomic mass is 16.6. The van der Waals surface area contributed by atoms with Gasteiger partial charge in [0.25, 0.3) is 0 Å². The van der Waals surface area contributed by atoms with Crippen molar-refractivity contribution in [2.75, 3.05) is 13.7 Å². The van der Waals surface area contributed by atoms with Crippen molar-refractivity contribution < 1.29 is 14.3 Å². The van der Waals surface area contributed by atoms with Crippen LogP contribution in [0.25, 0.3) is 0 Å². The molecule has 1 aliphatic rings. The van der Waals surface area contributed by atoms with Crippen LogP contribution in [0.15, 0.2) is 24.3 Å². The summed E-state index contributed by atoms with van der Waals surface area (Å²) < 4.78 is 10.5. The molecular formula is C18H28N2O3.